The summed E-state index contributed by atoms with van der Waals surface area (Å²) >= 11 is 1.47. The van der Waals surface area contributed by atoms with Crippen LogP contribution in [-0.2, 0) is 16.0 Å². The Hall–Kier alpha value is -2.28. The molecule has 2 heterocycles. The number of nitrogens with zero attached hydrogens (tertiary/aromatic N) is 3. The van der Waals surface area contributed by atoms with Crippen molar-refractivity contribution in [2.45, 2.75) is 32.7 Å². The quantitative estimate of drug-likeness (QED) is 0.841. The van der Waals surface area contributed by atoms with Crippen LogP contribution in [0.5, 0.6) is 0 Å². The number of carboxylic acids is 1. The monoisotopic (exact) mass is 333 g/mol. The molecule has 23 heavy (non-hydrogen) atoms. The Balaban J connectivity index is 2.04. The first-order valence-electron chi connectivity index (χ1n) is 7.33. The summed E-state index contributed by atoms with van der Waals surface area (Å²) in [5, 5.41) is 11.5. The standard InChI is InChI=1S/C16H19N3O3S/c1-11(2)19(7-5-15(21)22)14(20)8-13-10-23-16(18-13)12-4-3-6-17-9-12/h3-4,6,9-11H,5,7-8H2,1-2H3,(H,21,22). The molecule has 2 aromatic heterocycles. The molecule has 0 spiro atoms. The predicted molar refractivity (Wildman–Crippen MR) is 88.2 cm³/mol. The number of hydrogen-bond donors (Lipinski definition) is 1. The number of carbonyl (C=O) groups excluding carboxylic acids is 1. The van der Waals surface area contributed by atoms with Gasteiger partial charge in [0, 0.05) is 35.9 Å². The van der Waals surface area contributed by atoms with Gasteiger partial charge >= 0.3 is 5.97 Å². The third-order valence-corrected chi connectivity index (χ3v) is 4.24. The van der Waals surface area contributed by atoms with E-state index in [-0.39, 0.29) is 31.3 Å². The van der Waals surface area contributed by atoms with E-state index in [9.17, 15) is 9.59 Å². The van der Waals surface area contributed by atoms with Crippen LogP contribution in [0.1, 0.15) is 26.0 Å². The fourth-order valence-electron chi connectivity index (χ4n) is 2.15. The van der Waals surface area contributed by atoms with Gasteiger partial charge in [-0.2, -0.15) is 0 Å². The molecule has 2 aromatic rings. The van der Waals surface area contributed by atoms with Gasteiger partial charge in [-0.05, 0) is 26.0 Å². The SMILES string of the molecule is CC(C)N(CCC(=O)O)C(=O)Cc1csc(-c2cccnc2)n1. The molecule has 1 N–H and O–H groups in total. The minimum Gasteiger partial charge on any atom is -0.481 e. The lowest BCUT2D eigenvalue weighted by molar-refractivity contribution is -0.139. The number of amides is 1. The first-order chi connectivity index (χ1) is 11.0. The molecule has 0 fully saturated rings. The number of carbonyl (C=O) groups is 2. The molecule has 2 rings (SSSR count). The first-order valence-corrected chi connectivity index (χ1v) is 8.21. The third kappa shape index (κ3) is 4.85. The van der Waals surface area contributed by atoms with Gasteiger partial charge in [0.05, 0.1) is 18.5 Å². The van der Waals surface area contributed by atoms with Gasteiger partial charge in [-0.3, -0.25) is 14.6 Å². The van der Waals surface area contributed by atoms with Crippen LogP contribution in [-0.4, -0.2) is 44.4 Å². The van der Waals surface area contributed by atoms with Crippen molar-refractivity contribution in [2.75, 3.05) is 6.54 Å². The van der Waals surface area contributed by atoms with Crippen LogP contribution < -0.4 is 0 Å². The van der Waals surface area contributed by atoms with E-state index >= 15 is 0 Å². The highest BCUT2D eigenvalue weighted by Crippen LogP contribution is 2.23. The minimum absolute atomic E-state index is 0.0433. The molecule has 0 saturated carbocycles. The lowest BCUT2D eigenvalue weighted by atomic mass is 10.2. The Morgan fingerprint density at radius 3 is 2.78 bits per heavy atom. The third-order valence-electron chi connectivity index (χ3n) is 3.30. The highest BCUT2D eigenvalue weighted by Gasteiger charge is 2.19. The highest BCUT2D eigenvalue weighted by atomic mass is 32.1. The Morgan fingerprint density at radius 1 is 1.39 bits per heavy atom. The Kier molecular flexibility index (Phi) is 5.81. The van der Waals surface area contributed by atoms with Crippen molar-refractivity contribution in [3.05, 3.63) is 35.6 Å². The van der Waals surface area contributed by atoms with E-state index in [1.165, 1.54) is 11.3 Å². The van der Waals surface area contributed by atoms with Gasteiger partial charge in [-0.25, -0.2) is 4.98 Å². The molecule has 6 nitrogen and oxygen atoms in total. The van der Waals surface area contributed by atoms with E-state index in [0.717, 1.165) is 10.6 Å². The Morgan fingerprint density at radius 2 is 2.17 bits per heavy atom. The fraction of sp³-hybridized carbons (Fsp3) is 0.375. The second kappa shape index (κ2) is 7.82. The molecule has 0 aromatic carbocycles. The number of carboxylic acid groups (broad SMARTS) is 1. The van der Waals surface area contributed by atoms with Gasteiger partial charge in [0.25, 0.3) is 0 Å². The number of hydrogen-bond acceptors (Lipinski definition) is 5. The molecular formula is C16H19N3O3S. The maximum Gasteiger partial charge on any atom is 0.305 e. The molecule has 122 valence electrons. The average Bonchev–Trinajstić information content (AvgIpc) is 2.96. The average molecular weight is 333 g/mol. The fourth-order valence-corrected chi connectivity index (χ4v) is 2.96. The molecule has 0 saturated heterocycles. The van der Waals surface area contributed by atoms with Crippen LogP contribution in [0.15, 0.2) is 29.9 Å². The van der Waals surface area contributed by atoms with E-state index in [1.807, 2.05) is 31.4 Å². The maximum absolute atomic E-state index is 12.4. The number of aromatic nitrogens is 2. The van der Waals surface area contributed by atoms with Gasteiger partial charge in [0.15, 0.2) is 0 Å². The summed E-state index contributed by atoms with van der Waals surface area (Å²) in [6.07, 6.45) is 3.55. The van der Waals surface area contributed by atoms with Crippen molar-refractivity contribution >= 4 is 23.2 Å². The van der Waals surface area contributed by atoms with Gasteiger partial charge in [-0.15, -0.1) is 11.3 Å². The molecule has 0 radical (unpaired) electrons. The van der Waals surface area contributed by atoms with E-state index in [0.29, 0.717) is 5.69 Å². The Bertz CT molecular complexity index is 670. The van der Waals surface area contributed by atoms with Gasteiger partial charge in [-0.1, -0.05) is 0 Å². The molecule has 0 atom stereocenters. The summed E-state index contributed by atoms with van der Waals surface area (Å²) in [7, 11) is 0. The molecule has 0 aliphatic carbocycles. The second-order valence-electron chi connectivity index (χ2n) is 5.39. The summed E-state index contributed by atoms with van der Waals surface area (Å²) in [4.78, 5) is 33.2. The van der Waals surface area contributed by atoms with E-state index in [4.69, 9.17) is 5.11 Å². The summed E-state index contributed by atoms with van der Waals surface area (Å²) in [5.74, 6) is -1.01. The van der Waals surface area contributed by atoms with Crippen LogP contribution in [0.4, 0.5) is 0 Å². The zero-order valence-corrected chi connectivity index (χ0v) is 13.9. The van der Waals surface area contributed by atoms with Crippen molar-refractivity contribution in [2.24, 2.45) is 0 Å². The second-order valence-corrected chi connectivity index (χ2v) is 6.25. The molecule has 0 aliphatic heterocycles. The lowest BCUT2D eigenvalue weighted by Gasteiger charge is -2.25. The molecule has 7 heteroatoms. The minimum atomic E-state index is -0.907. The number of pyridine rings is 1. The Labute approximate surface area is 138 Å². The van der Waals surface area contributed by atoms with Crippen molar-refractivity contribution in [1.82, 2.24) is 14.9 Å². The molecule has 1 amide bonds. The summed E-state index contributed by atoms with van der Waals surface area (Å²) < 4.78 is 0. The van der Waals surface area contributed by atoms with Gasteiger partial charge < -0.3 is 10.0 Å². The summed E-state index contributed by atoms with van der Waals surface area (Å²) in [6, 6.07) is 3.72. The smallest absolute Gasteiger partial charge is 0.305 e. The van der Waals surface area contributed by atoms with Crippen LogP contribution >= 0.6 is 11.3 Å². The van der Waals surface area contributed by atoms with E-state index in [1.54, 1.807) is 17.3 Å². The van der Waals surface area contributed by atoms with Crippen LogP contribution in [0.3, 0.4) is 0 Å². The van der Waals surface area contributed by atoms with E-state index in [2.05, 4.69) is 9.97 Å². The first kappa shape index (κ1) is 17.1. The maximum atomic E-state index is 12.4. The van der Waals surface area contributed by atoms with Crippen LogP contribution in [0.25, 0.3) is 10.6 Å². The van der Waals surface area contributed by atoms with E-state index < -0.39 is 5.97 Å². The summed E-state index contributed by atoms with van der Waals surface area (Å²) in [5.41, 5.74) is 1.61. The van der Waals surface area contributed by atoms with Crippen molar-refractivity contribution in [3.63, 3.8) is 0 Å². The lowest BCUT2D eigenvalue weighted by Crippen LogP contribution is -2.39. The normalized spacial score (nSPS) is 10.7. The van der Waals surface area contributed by atoms with Gasteiger partial charge in [0.1, 0.15) is 5.01 Å². The van der Waals surface area contributed by atoms with Crippen molar-refractivity contribution in [1.29, 1.82) is 0 Å². The number of thiazole rings is 1. The molecule has 0 unspecified atom stereocenters. The highest BCUT2D eigenvalue weighted by molar-refractivity contribution is 7.13. The topological polar surface area (TPSA) is 83.4 Å². The van der Waals surface area contributed by atoms with Crippen LogP contribution in [0, 0.1) is 0 Å². The number of rotatable bonds is 7. The molecule has 0 bridgehead atoms. The molecular weight excluding hydrogens is 314 g/mol. The van der Waals surface area contributed by atoms with Crippen molar-refractivity contribution < 1.29 is 14.7 Å². The number of aliphatic carboxylic acids is 1. The molecule has 0 aliphatic rings. The summed E-state index contributed by atoms with van der Waals surface area (Å²) in [6.45, 7) is 3.97. The zero-order chi connectivity index (χ0) is 16.8. The zero-order valence-electron chi connectivity index (χ0n) is 13.1. The van der Waals surface area contributed by atoms with Gasteiger partial charge in [0.2, 0.25) is 5.91 Å². The predicted octanol–water partition coefficient (Wildman–Crippen LogP) is 2.46. The largest absolute Gasteiger partial charge is 0.481 e. The van der Waals surface area contributed by atoms with Crippen LogP contribution in [0.2, 0.25) is 0 Å². The van der Waals surface area contributed by atoms with Crippen molar-refractivity contribution in [3.8, 4) is 10.6 Å².